The highest BCUT2D eigenvalue weighted by Gasteiger charge is 2.24. The third-order valence-electron chi connectivity index (χ3n) is 5.61. The maximum Gasteiger partial charge on any atom is 0.335 e. The van der Waals surface area contributed by atoms with Crippen LogP contribution in [0.4, 0.5) is 8.78 Å². The fourth-order valence-electron chi connectivity index (χ4n) is 3.65. The average Bonchev–Trinajstić information content (AvgIpc) is 2.91. The molecule has 0 radical (unpaired) electrons. The Balaban J connectivity index is 1.64. The Morgan fingerprint density at radius 1 is 0.951 bits per heavy atom. The van der Waals surface area contributed by atoms with Gasteiger partial charge in [0, 0.05) is 12.1 Å². The minimum Gasteiger partial charge on any atom is -0.478 e. The van der Waals surface area contributed by atoms with Crippen LogP contribution in [-0.2, 0) is 41.1 Å². The Morgan fingerprint density at radius 3 is 2.00 bits per heavy atom. The first kappa shape index (κ1) is 32.1. The van der Waals surface area contributed by atoms with Crippen molar-refractivity contribution >= 4 is 29.7 Å². The van der Waals surface area contributed by atoms with E-state index in [1.54, 1.807) is 38.1 Å². The summed E-state index contributed by atoms with van der Waals surface area (Å²) in [5, 5.41) is 8.93. The van der Waals surface area contributed by atoms with E-state index in [2.05, 4.69) is 4.72 Å². The number of hydrogen-bond acceptors (Lipinski definition) is 7. The van der Waals surface area contributed by atoms with Gasteiger partial charge in [0.05, 0.1) is 24.3 Å². The lowest BCUT2D eigenvalue weighted by Crippen LogP contribution is -2.23. The lowest BCUT2D eigenvalue weighted by Gasteiger charge is -2.17. The van der Waals surface area contributed by atoms with Crippen molar-refractivity contribution in [1.29, 1.82) is 0 Å². The van der Waals surface area contributed by atoms with Crippen LogP contribution >= 0.6 is 7.60 Å². The summed E-state index contributed by atoms with van der Waals surface area (Å²) in [6.45, 7) is 5.22. The van der Waals surface area contributed by atoms with E-state index in [1.807, 2.05) is 0 Å². The fraction of sp³-hybridized carbons (Fsp3) is 0.250. The number of hydrogen-bond donors (Lipinski definition) is 2. The molecule has 0 bridgehead atoms. The van der Waals surface area contributed by atoms with Gasteiger partial charge in [-0.05, 0) is 79.9 Å². The molecule has 3 rings (SSSR count). The molecule has 0 spiro atoms. The summed E-state index contributed by atoms with van der Waals surface area (Å²) in [6.07, 6.45) is 1.21. The molecule has 41 heavy (non-hydrogen) atoms. The zero-order chi connectivity index (χ0) is 30.2. The minimum atomic E-state index is -3.93. The quantitative estimate of drug-likeness (QED) is 0.157. The van der Waals surface area contributed by atoms with Crippen molar-refractivity contribution in [3.8, 4) is 11.5 Å². The summed E-state index contributed by atoms with van der Waals surface area (Å²) >= 11 is 0. The van der Waals surface area contributed by atoms with E-state index in [1.165, 1.54) is 31.2 Å². The van der Waals surface area contributed by atoms with Crippen LogP contribution in [0.5, 0.6) is 11.5 Å². The van der Waals surface area contributed by atoms with E-state index in [4.69, 9.17) is 18.9 Å². The van der Waals surface area contributed by atoms with Gasteiger partial charge in [-0.2, -0.15) is 0 Å². The number of carbonyl (C=O) groups is 1. The maximum atomic E-state index is 14.5. The molecule has 0 aromatic heterocycles. The molecule has 0 heterocycles. The number of aliphatic carboxylic acids is 1. The molecule has 0 saturated heterocycles. The van der Waals surface area contributed by atoms with Crippen LogP contribution in [0.1, 0.15) is 37.5 Å². The molecule has 0 aliphatic heterocycles. The second-order valence-corrected chi connectivity index (χ2v) is 12.6. The van der Waals surface area contributed by atoms with Crippen molar-refractivity contribution in [2.45, 2.75) is 38.4 Å². The summed E-state index contributed by atoms with van der Waals surface area (Å²) in [6, 6.07) is 13.6. The number of rotatable bonds is 14. The van der Waals surface area contributed by atoms with Crippen molar-refractivity contribution in [1.82, 2.24) is 4.72 Å². The third kappa shape index (κ3) is 9.04. The Bertz CT molecular complexity index is 1530. The number of halogens is 2. The van der Waals surface area contributed by atoms with Gasteiger partial charge in [-0.3, -0.25) is 4.57 Å². The molecule has 220 valence electrons. The lowest BCUT2D eigenvalue weighted by atomic mass is 10.1. The molecule has 0 fully saturated rings. The van der Waals surface area contributed by atoms with E-state index < -0.39 is 41.0 Å². The standard InChI is InChI=1S/C28H30F2NO8PS/c1-4-37-40(34,38-5-2)18-21-8-6-20(7-9-21)17-31-41(35,36)24-12-10-23(11-13-24)39-27-25(29)15-22(16-26(27)30)14-19(3)28(32)33/h6-16,31H,4-5,17-18H2,1-3H3,(H,32,33)/b19-14+. The molecule has 0 aliphatic rings. The van der Waals surface area contributed by atoms with E-state index in [0.717, 1.165) is 18.2 Å². The van der Waals surface area contributed by atoms with E-state index in [0.29, 0.717) is 11.1 Å². The predicted octanol–water partition coefficient (Wildman–Crippen LogP) is 6.49. The van der Waals surface area contributed by atoms with Gasteiger partial charge in [0.2, 0.25) is 10.0 Å². The van der Waals surface area contributed by atoms with Gasteiger partial charge in [0.15, 0.2) is 17.4 Å². The number of nitrogens with one attached hydrogen (secondary N) is 1. The molecule has 0 unspecified atom stereocenters. The Morgan fingerprint density at radius 2 is 1.49 bits per heavy atom. The van der Waals surface area contributed by atoms with Gasteiger partial charge in [-0.25, -0.2) is 26.7 Å². The van der Waals surface area contributed by atoms with Gasteiger partial charge in [-0.15, -0.1) is 0 Å². The molecule has 0 saturated carbocycles. The lowest BCUT2D eigenvalue weighted by molar-refractivity contribution is -0.132. The maximum absolute atomic E-state index is 14.5. The summed E-state index contributed by atoms with van der Waals surface area (Å²) in [5.74, 6) is -4.07. The van der Waals surface area contributed by atoms with Gasteiger partial charge in [0.25, 0.3) is 0 Å². The van der Waals surface area contributed by atoms with E-state index in [9.17, 15) is 26.6 Å². The zero-order valence-electron chi connectivity index (χ0n) is 22.6. The number of carboxylic acid groups (broad SMARTS) is 1. The molecule has 0 amide bonds. The van der Waals surface area contributed by atoms with Gasteiger partial charge < -0.3 is 18.9 Å². The molecular formula is C28H30F2NO8PS. The second-order valence-electron chi connectivity index (χ2n) is 8.77. The summed E-state index contributed by atoms with van der Waals surface area (Å²) < 4.78 is 85.6. The third-order valence-corrected chi connectivity index (χ3v) is 9.08. The summed E-state index contributed by atoms with van der Waals surface area (Å²) in [5.41, 5.74) is 1.27. The first-order chi connectivity index (χ1) is 19.4. The number of benzene rings is 3. The molecule has 2 N–H and O–H groups in total. The zero-order valence-corrected chi connectivity index (χ0v) is 24.3. The Labute approximate surface area is 237 Å². The van der Waals surface area contributed by atoms with Crippen LogP contribution in [0.2, 0.25) is 0 Å². The van der Waals surface area contributed by atoms with E-state index >= 15 is 0 Å². The topological polar surface area (TPSA) is 128 Å². The molecule has 0 aliphatic carbocycles. The normalized spacial score (nSPS) is 12.4. The first-order valence-electron chi connectivity index (χ1n) is 12.5. The number of carboxylic acids is 1. The van der Waals surface area contributed by atoms with Crippen molar-refractivity contribution < 1.29 is 45.4 Å². The average molecular weight is 610 g/mol. The second kappa shape index (κ2) is 14.0. The smallest absolute Gasteiger partial charge is 0.335 e. The molecular weight excluding hydrogens is 579 g/mol. The van der Waals surface area contributed by atoms with Crippen LogP contribution < -0.4 is 9.46 Å². The van der Waals surface area contributed by atoms with Gasteiger partial charge >= 0.3 is 13.6 Å². The van der Waals surface area contributed by atoms with Crippen LogP contribution in [0.15, 0.2) is 71.1 Å². The Hall–Kier alpha value is -3.41. The van der Waals surface area contributed by atoms with Crippen LogP contribution in [-0.4, -0.2) is 32.7 Å². The molecule has 3 aromatic carbocycles. The highest BCUT2D eigenvalue weighted by atomic mass is 32.2. The van der Waals surface area contributed by atoms with Crippen molar-refractivity contribution in [2.24, 2.45) is 0 Å². The monoisotopic (exact) mass is 609 g/mol. The highest BCUT2D eigenvalue weighted by Crippen LogP contribution is 2.51. The van der Waals surface area contributed by atoms with E-state index in [-0.39, 0.29) is 47.7 Å². The summed E-state index contributed by atoms with van der Waals surface area (Å²) in [7, 11) is -7.20. The van der Waals surface area contributed by atoms with Gasteiger partial charge in [-0.1, -0.05) is 24.3 Å². The summed E-state index contributed by atoms with van der Waals surface area (Å²) in [4.78, 5) is 10.8. The fourth-order valence-corrected chi connectivity index (χ4v) is 6.37. The number of sulfonamides is 1. The SMILES string of the molecule is CCOP(=O)(Cc1ccc(CNS(=O)(=O)c2ccc(Oc3c(F)cc(/C=C(\C)C(=O)O)cc3F)cc2)cc1)OCC. The highest BCUT2D eigenvalue weighted by molar-refractivity contribution is 7.89. The largest absolute Gasteiger partial charge is 0.478 e. The first-order valence-corrected chi connectivity index (χ1v) is 15.7. The van der Waals surface area contributed by atoms with Crippen molar-refractivity contribution in [2.75, 3.05) is 13.2 Å². The Kier molecular flexibility index (Phi) is 10.9. The molecule has 9 nitrogen and oxygen atoms in total. The van der Waals surface area contributed by atoms with Crippen molar-refractivity contribution in [3.05, 3.63) is 94.6 Å². The molecule has 3 aromatic rings. The predicted molar refractivity (Wildman–Crippen MR) is 149 cm³/mol. The van der Waals surface area contributed by atoms with Crippen LogP contribution in [0.25, 0.3) is 6.08 Å². The minimum absolute atomic E-state index is 0.00502. The van der Waals surface area contributed by atoms with Crippen molar-refractivity contribution in [3.63, 3.8) is 0 Å². The van der Waals surface area contributed by atoms with Crippen LogP contribution in [0, 0.1) is 11.6 Å². The molecule has 0 atom stereocenters. The van der Waals surface area contributed by atoms with Gasteiger partial charge in [0.1, 0.15) is 5.75 Å². The van der Waals surface area contributed by atoms with Crippen LogP contribution in [0.3, 0.4) is 0 Å². The number of ether oxygens (including phenoxy) is 1. The molecule has 13 heteroatoms.